The molecule has 46 heavy (non-hydrogen) atoms. The van der Waals surface area contributed by atoms with Gasteiger partial charge in [-0.05, 0) is 43.4 Å². The number of pyridine rings is 1. The summed E-state index contributed by atoms with van der Waals surface area (Å²) in [5.74, 6) is 0.0210. The zero-order chi connectivity index (χ0) is 31.6. The average Bonchev–Trinajstić information content (AvgIpc) is 3.57. The number of benzene rings is 2. The molecular weight excluding hydrogens is 600 g/mol. The molecule has 3 aliphatic rings. The first kappa shape index (κ1) is 28.4. The quantitative estimate of drug-likeness (QED) is 0.266. The van der Waals surface area contributed by atoms with E-state index in [-0.39, 0.29) is 34.5 Å². The van der Waals surface area contributed by atoms with Gasteiger partial charge in [0.25, 0.3) is 5.91 Å². The molecule has 2 aliphatic heterocycles. The predicted molar refractivity (Wildman–Crippen MR) is 175 cm³/mol. The van der Waals surface area contributed by atoms with Crippen molar-refractivity contribution in [2.45, 2.75) is 42.5 Å². The van der Waals surface area contributed by atoms with Gasteiger partial charge in [0.2, 0.25) is 0 Å². The smallest absolute Gasteiger partial charge is 0.289 e. The lowest BCUT2D eigenvalue weighted by atomic mass is 9.80. The van der Waals surface area contributed by atoms with Gasteiger partial charge in [0.05, 0.1) is 28.6 Å². The summed E-state index contributed by atoms with van der Waals surface area (Å²) >= 11 is 0. The van der Waals surface area contributed by atoms with Crippen LogP contribution >= 0.6 is 0 Å². The van der Waals surface area contributed by atoms with Crippen LogP contribution in [-0.4, -0.2) is 67.6 Å². The molecule has 11 nitrogen and oxygen atoms in total. The number of anilines is 1. The number of rotatable bonds is 5. The molecule has 3 atom stereocenters. The standard InChI is InChI=1S/C34H32N8O3S/c1-46(44,45)30-29(24-16-23-11-7-10-22(24)19-41(23)34(43)32-38-27-12-5-6-13-28(27)39-32)40-33-25(18-37-42(33)31(30)35)21-14-15-26(36-17-21)20-8-3-2-4-9-20/h2-6,8-9,12-15,17-18,22-24H,7,10-11,16,19,35H2,1H3,(H,38,39)/t22?,23?,24-/m1/s1. The first-order valence-electron chi connectivity index (χ1n) is 15.4. The highest BCUT2D eigenvalue weighted by molar-refractivity contribution is 7.91. The van der Waals surface area contributed by atoms with E-state index in [1.54, 1.807) is 12.4 Å². The highest BCUT2D eigenvalue weighted by Crippen LogP contribution is 2.46. The van der Waals surface area contributed by atoms with Crippen LogP contribution < -0.4 is 5.73 Å². The van der Waals surface area contributed by atoms with Crippen LogP contribution in [0.3, 0.4) is 0 Å². The van der Waals surface area contributed by atoms with Gasteiger partial charge >= 0.3 is 0 Å². The van der Waals surface area contributed by atoms with Gasteiger partial charge in [-0.15, -0.1) is 0 Å². The Morgan fingerprint density at radius 3 is 2.52 bits per heavy atom. The van der Waals surface area contributed by atoms with Crippen LogP contribution in [-0.2, 0) is 9.84 Å². The van der Waals surface area contributed by atoms with Gasteiger partial charge in [-0.1, -0.05) is 55.0 Å². The van der Waals surface area contributed by atoms with Crippen LogP contribution in [0.1, 0.15) is 47.9 Å². The van der Waals surface area contributed by atoms with Crippen LogP contribution in [0.15, 0.2) is 84.0 Å². The monoisotopic (exact) mass is 632 g/mol. The largest absolute Gasteiger partial charge is 0.382 e. The molecule has 1 aliphatic carbocycles. The number of hydrogen-bond acceptors (Lipinski definition) is 8. The van der Waals surface area contributed by atoms with Crippen molar-refractivity contribution in [3.8, 4) is 22.4 Å². The van der Waals surface area contributed by atoms with Crippen molar-refractivity contribution in [3.05, 3.63) is 90.6 Å². The van der Waals surface area contributed by atoms with E-state index in [4.69, 9.17) is 10.7 Å². The van der Waals surface area contributed by atoms with E-state index < -0.39 is 9.84 Å². The fourth-order valence-electron chi connectivity index (χ4n) is 7.28. The lowest BCUT2D eigenvalue weighted by Gasteiger charge is -2.41. The summed E-state index contributed by atoms with van der Waals surface area (Å²) in [6.07, 6.45) is 7.77. The molecule has 2 bridgehead atoms. The van der Waals surface area contributed by atoms with E-state index in [0.717, 1.165) is 47.1 Å². The van der Waals surface area contributed by atoms with Crippen LogP contribution in [0.25, 0.3) is 39.1 Å². The number of piperidine rings is 1. The molecule has 2 saturated heterocycles. The number of fused-ring (bicyclic) bond motifs is 6. The van der Waals surface area contributed by atoms with Crippen LogP contribution in [0, 0.1) is 5.92 Å². The molecule has 0 radical (unpaired) electrons. The van der Waals surface area contributed by atoms with Crippen molar-refractivity contribution in [2.75, 3.05) is 18.5 Å². The van der Waals surface area contributed by atoms with Gasteiger partial charge in [0.15, 0.2) is 21.3 Å². The Balaban J connectivity index is 1.18. The zero-order valence-electron chi connectivity index (χ0n) is 25.2. The number of para-hydroxylation sites is 2. The van der Waals surface area contributed by atoms with Crippen molar-refractivity contribution in [2.24, 2.45) is 5.92 Å². The Hall–Kier alpha value is -5.10. The molecule has 1 amide bonds. The minimum Gasteiger partial charge on any atom is -0.382 e. The number of carbonyl (C=O) groups is 1. The van der Waals surface area contributed by atoms with Crippen LogP contribution in [0.5, 0.6) is 0 Å². The number of aromatic nitrogens is 6. The molecule has 4 aromatic heterocycles. The number of amides is 1. The number of nitrogens with two attached hydrogens (primary N) is 1. The van der Waals surface area contributed by atoms with Gasteiger partial charge in [-0.3, -0.25) is 9.78 Å². The minimum atomic E-state index is -3.77. The van der Waals surface area contributed by atoms with Gasteiger partial charge in [0, 0.05) is 47.6 Å². The van der Waals surface area contributed by atoms with Crippen molar-refractivity contribution in [1.29, 1.82) is 0 Å². The van der Waals surface area contributed by atoms with Gasteiger partial charge in [-0.25, -0.2) is 18.4 Å². The van der Waals surface area contributed by atoms with Crippen molar-refractivity contribution >= 4 is 38.2 Å². The fourth-order valence-corrected chi connectivity index (χ4v) is 8.33. The number of nitrogen functional groups attached to an aromatic ring is 1. The molecule has 9 rings (SSSR count). The molecule has 6 aromatic rings. The molecule has 3 fully saturated rings. The SMILES string of the molecule is CS(=O)(=O)c1c([C@@H]2CC3CCCC2CN3C(=O)c2nc3ccccc3[nH]2)nc2c(-c3ccc(-c4ccccc4)nc3)cnn2c1N. The Bertz CT molecular complexity index is 2200. The predicted octanol–water partition coefficient (Wildman–Crippen LogP) is 5.12. The van der Waals surface area contributed by atoms with Crippen LogP contribution in [0.4, 0.5) is 5.82 Å². The Kier molecular flexibility index (Phi) is 6.64. The van der Waals surface area contributed by atoms with E-state index in [9.17, 15) is 13.2 Å². The highest BCUT2D eigenvalue weighted by Gasteiger charge is 2.44. The molecule has 6 heterocycles. The number of imidazole rings is 1. The van der Waals surface area contributed by atoms with Crippen molar-refractivity contribution in [3.63, 3.8) is 0 Å². The summed E-state index contributed by atoms with van der Waals surface area (Å²) < 4.78 is 28.0. The summed E-state index contributed by atoms with van der Waals surface area (Å²) in [5.41, 5.74) is 12.5. The summed E-state index contributed by atoms with van der Waals surface area (Å²) in [6, 6.07) is 21.3. The van der Waals surface area contributed by atoms with Gasteiger partial charge in [0.1, 0.15) is 10.7 Å². The van der Waals surface area contributed by atoms with E-state index in [2.05, 4.69) is 20.1 Å². The molecule has 232 valence electrons. The maximum absolute atomic E-state index is 13.8. The third-order valence-electron chi connectivity index (χ3n) is 9.46. The highest BCUT2D eigenvalue weighted by atomic mass is 32.2. The molecule has 12 heteroatoms. The number of nitrogens with zero attached hydrogens (tertiary/aromatic N) is 6. The third kappa shape index (κ3) is 4.71. The molecule has 2 unspecified atom stereocenters. The third-order valence-corrected chi connectivity index (χ3v) is 10.6. The molecule has 1 saturated carbocycles. The molecule has 2 aromatic carbocycles. The first-order valence-corrected chi connectivity index (χ1v) is 17.3. The van der Waals surface area contributed by atoms with E-state index in [1.807, 2.05) is 71.6 Å². The van der Waals surface area contributed by atoms with Gasteiger partial charge < -0.3 is 15.6 Å². The number of nitrogens with one attached hydrogen (secondary N) is 1. The maximum atomic E-state index is 13.8. The lowest BCUT2D eigenvalue weighted by Crippen LogP contribution is -2.48. The van der Waals surface area contributed by atoms with Crippen molar-refractivity contribution in [1.82, 2.24) is 34.4 Å². The topological polar surface area (TPSA) is 152 Å². The van der Waals surface area contributed by atoms with E-state index >= 15 is 0 Å². The minimum absolute atomic E-state index is 0.000113. The molecule has 3 N–H and O–H groups in total. The average molecular weight is 633 g/mol. The van der Waals surface area contributed by atoms with E-state index in [0.29, 0.717) is 35.7 Å². The van der Waals surface area contributed by atoms with Crippen LogP contribution in [0.2, 0.25) is 0 Å². The first-order chi connectivity index (χ1) is 22.3. The number of sulfone groups is 1. The number of hydrogen-bond donors (Lipinski definition) is 2. The Morgan fingerprint density at radius 1 is 0.957 bits per heavy atom. The second-order valence-corrected chi connectivity index (χ2v) is 14.3. The lowest BCUT2D eigenvalue weighted by molar-refractivity contribution is 0.0519. The molecule has 0 spiro atoms. The second-order valence-electron chi connectivity index (χ2n) is 12.3. The summed E-state index contributed by atoms with van der Waals surface area (Å²) in [4.78, 5) is 33.2. The Morgan fingerprint density at radius 2 is 1.76 bits per heavy atom. The normalized spacial score (nSPS) is 19.9. The zero-order valence-corrected chi connectivity index (χ0v) is 26.0. The Labute approximate surface area is 265 Å². The summed E-state index contributed by atoms with van der Waals surface area (Å²) in [5, 5.41) is 4.46. The number of carbonyl (C=O) groups excluding carboxylic acids is 1. The maximum Gasteiger partial charge on any atom is 0.289 e. The number of H-pyrrole nitrogens is 1. The number of aromatic amines is 1. The van der Waals surface area contributed by atoms with Gasteiger partial charge in [-0.2, -0.15) is 9.61 Å². The van der Waals surface area contributed by atoms with E-state index in [1.165, 1.54) is 10.8 Å². The second kappa shape index (κ2) is 10.8. The molecular formula is C34H32N8O3S. The summed E-state index contributed by atoms with van der Waals surface area (Å²) in [6.45, 7) is 0.484. The summed E-state index contributed by atoms with van der Waals surface area (Å²) in [7, 11) is -3.77. The van der Waals surface area contributed by atoms with Crippen molar-refractivity contribution < 1.29 is 13.2 Å². The fraction of sp³-hybridized carbons (Fsp3) is 0.265.